The quantitative estimate of drug-likeness (QED) is 0.896. The molecule has 1 aromatic rings. The van der Waals surface area contributed by atoms with Gasteiger partial charge in [-0.25, -0.2) is 9.78 Å². The van der Waals surface area contributed by atoms with Crippen LogP contribution in [0.25, 0.3) is 0 Å². The number of carboxylic acid groups (broad SMARTS) is 1. The molecule has 2 rings (SSSR count). The number of nitrogens with zero attached hydrogens (tertiary/aromatic N) is 2. The molecule has 2 unspecified atom stereocenters. The maximum atomic E-state index is 12.2. The molecule has 1 saturated heterocycles. The Balaban J connectivity index is 2.26. The van der Waals surface area contributed by atoms with Crippen molar-refractivity contribution in [2.75, 3.05) is 5.75 Å². The van der Waals surface area contributed by atoms with Crippen molar-refractivity contribution in [1.29, 1.82) is 0 Å². The van der Waals surface area contributed by atoms with Crippen LogP contribution in [0, 0.1) is 0 Å². The second kappa shape index (κ2) is 5.16. The number of carbonyl (C=O) groups is 2. The summed E-state index contributed by atoms with van der Waals surface area (Å²) in [6.45, 7) is 1.81. The number of hydrogen-bond acceptors (Lipinski definition) is 4. The maximum absolute atomic E-state index is 12.2. The van der Waals surface area contributed by atoms with Crippen LogP contribution < -0.4 is 0 Å². The predicted molar refractivity (Wildman–Crippen MR) is 68.8 cm³/mol. The fourth-order valence-corrected chi connectivity index (χ4v) is 3.05. The monoisotopic (exact) mass is 286 g/mol. The predicted octanol–water partition coefficient (Wildman–Crippen LogP) is 1.72. The molecule has 7 heteroatoms. The van der Waals surface area contributed by atoms with E-state index in [4.69, 9.17) is 16.7 Å². The highest BCUT2D eigenvalue weighted by Gasteiger charge is 2.40. The van der Waals surface area contributed by atoms with Gasteiger partial charge in [-0.1, -0.05) is 11.6 Å². The largest absolute Gasteiger partial charge is 0.480 e. The van der Waals surface area contributed by atoms with Crippen molar-refractivity contribution in [3.05, 3.63) is 29.0 Å². The molecule has 0 aromatic carbocycles. The van der Waals surface area contributed by atoms with Gasteiger partial charge in [0.15, 0.2) is 0 Å². The highest BCUT2D eigenvalue weighted by molar-refractivity contribution is 8.00. The Labute approximate surface area is 113 Å². The van der Waals surface area contributed by atoms with E-state index in [1.165, 1.54) is 28.9 Å². The topological polar surface area (TPSA) is 70.5 Å². The molecule has 1 aromatic heterocycles. The zero-order valence-electron chi connectivity index (χ0n) is 9.54. The van der Waals surface area contributed by atoms with Gasteiger partial charge in [0.05, 0.1) is 10.4 Å². The van der Waals surface area contributed by atoms with Gasteiger partial charge >= 0.3 is 5.97 Å². The molecule has 18 heavy (non-hydrogen) atoms. The number of aromatic nitrogens is 1. The minimum atomic E-state index is -0.992. The van der Waals surface area contributed by atoms with Crippen LogP contribution in [0.5, 0.6) is 0 Å². The van der Waals surface area contributed by atoms with Crippen molar-refractivity contribution in [3.8, 4) is 0 Å². The third-order valence-electron chi connectivity index (χ3n) is 2.69. The van der Waals surface area contributed by atoms with Crippen LogP contribution in [0.15, 0.2) is 18.3 Å². The van der Waals surface area contributed by atoms with Crippen LogP contribution in [0.2, 0.25) is 5.02 Å². The molecule has 1 amide bonds. The molecule has 2 atom stereocenters. The van der Waals surface area contributed by atoms with Crippen LogP contribution in [0.4, 0.5) is 0 Å². The van der Waals surface area contributed by atoms with E-state index in [0.29, 0.717) is 10.8 Å². The van der Waals surface area contributed by atoms with E-state index in [0.717, 1.165) is 0 Å². The normalized spacial score (nSPS) is 23.1. The number of thioether (sulfide) groups is 1. The summed E-state index contributed by atoms with van der Waals surface area (Å²) in [5.74, 6) is -0.971. The molecule has 1 N–H and O–H groups in total. The smallest absolute Gasteiger partial charge is 0.327 e. The lowest BCUT2D eigenvalue weighted by Gasteiger charge is -2.24. The van der Waals surface area contributed by atoms with Crippen molar-refractivity contribution in [2.24, 2.45) is 0 Å². The molecule has 1 aliphatic rings. The molecular formula is C11H11ClN2O3S. The molecule has 96 valence electrons. The number of carboxylic acids is 1. The highest BCUT2D eigenvalue weighted by atomic mass is 35.5. The van der Waals surface area contributed by atoms with Gasteiger partial charge < -0.3 is 10.0 Å². The van der Waals surface area contributed by atoms with Gasteiger partial charge in [-0.15, -0.1) is 11.8 Å². The minimum absolute atomic E-state index is 0.170. The first-order chi connectivity index (χ1) is 8.50. The van der Waals surface area contributed by atoms with Crippen molar-refractivity contribution >= 4 is 35.2 Å². The van der Waals surface area contributed by atoms with E-state index < -0.39 is 12.0 Å². The first-order valence-corrected chi connectivity index (χ1v) is 6.72. The van der Waals surface area contributed by atoms with Crippen LogP contribution in [-0.2, 0) is 4.79 Å². The fraction of sp³-hybridized carbons (Fsp3) is 0.364. The summed E-state index contributed by atoms with van der Waals surface area (Å²) in [5.41, 5.74) is 0.208. The Hall–Kier alpha value is -1.27. The van der Waals surface area contributed by atoms with E-state index in [1.807, 2.05) is 0 Å². The van der Waals surface area contributed by atoms with Crippen LogP contribution in [-0.4, -0.2) is 44.0 Å². The first kappa shape index (κ1) is 13.2. The molecule has 0 bridgehead atoms. The molecule has 1 aliphatic heterocycles. The maximum Gasteiger partial charge on any atom is 0.327 e. The Kier molecular flexibility index (Phi) is 3.77. The van der Waals surface area contributed by atoms with Crippen molar-refractivity contribution in [1.82, 2.24) is 9.88 Å². The van der Waals surface area contributed by atoms with Gasteiger partial charge in [0.1, 0.15) is 11.7 Å². The number of aliphatic carboxylic acids is 1. The second-order valence-electron chi connectivity index (χ2n) is 3.86. The number of pyridine rings is 1. The van der Waals surface area contributed by atoms with Crippen LogP contribution >= 0.6 is 23.4 Å². The summed E-state index contributed by atoms with van der Waals surface area (Å²) < 4.78 is 0. The lowest BCUT2D eigenvalue weighted by atomic mass is 10.2. The highest BCUT2D eigenvalue weighted by Crippen LogP contribution is 2.30. The summed E-state index contributed by atoms with van der Waals surface area (Å²) in [7, 11) is 0. The number of carbonyl (C=O) groups excluding carboxylic acids is 1. The number of halogens is 1. The van der Waals surface area contributed by atoms with E-state index in [9.17, 15) is 9.59 Å². The number of hydrogen-bond donors (Lipinski definition) is 1. The van der Waals surface area contributed by atoms with E-state index in [1.54, 1.807) is 13.0 Å². The first-order valence-electron chi connectivity index (χ1n) is 5.29. The minimum Gasteiger partial charge on any atom is -0.480 e. The Morgan fingerprint density at radius 1 is 1.56 bits per heavy atom. The van der Waals surface area contributed by atoms with Crippen molar-refractivity contribution < 1.29 is 14.7 Å². The third kappa shape index (κ3) is 2.44. The SMILES string of the molecule is CC1SCC(C(=O)O)N1C(=O)c1ccc(Cl)cn1. The summed E-state index contributed by atoms with van der Waals surface area (Å²) >= 11 is 7.14. The molecule has 0 spiro atoms. The third-order valence-corrected chi connectivity index (χ3v) is 4.13. The fourth-order valence-electron chi connectivity index (χ4n) is 1.78. The number of rotatable bonds is 2. The van der Waals surface area contributed by atoms with Gasteiger partial charge in [0.25, 0.3) is 5.91 Å². The Bertz CT molecular complexity index is 480. The van der Waals surface area contributed by atoms with Gasteiger partial charge in [-0.3, -0.25) is 4.79 Å². The van der Waals surface area contributed by atoms with Crippen molar-refractivity contribution in [2.45, 2.75) is 18.3 Å². The average molecular weight is 287 g/mol. The summed E-state index contributed by atoms with van der Waals surface area (Å²) in [6.07, 6.45) is 1.37. The number of amides is 1. The molecular weight excluding hydrogens is 276 g/mol. The summed E-state index contributed by atoms with van der Waals surface area (Å²) in [4.78, 5) is 28.6. The van der Waals surface area contributed by atoms with Gasteiger partial charge in [0, 0.05) is 11.9 Å². The van der Waals surface area contributed by atoms with Gasteiger partial charge in [-0.05, 0) is 19.1 Å². The van der Waals surface area contributed by atoms with E-state index >= 15 is 0 Å². The average Bonchev–Trinajstić information content (AvgIpc) is 2.71. The molecule has 0 aliphatic carbocycles. The summed E-state index contributed by atoms with van der Waals surface area (Å²) in [6, 6.07) is 2.26. The second-order valence-corrected chi connectivity index (χ2v) is 5.65. The lowest BCUT2D eigenvalue weighted by Crippen LogP contribution is -2.45. The van der Waals surface area contributed by atoms with Gasteiger partial charge in [0.2, 0.25) is 0 Å². The molecule has 5 nitrogen and oxygen atoms in total. The molecule has 1 fully saturated rings. The van der Waals surface area contributed by atoms with Crippen LogP contribution in [0.1, 0.15) is 17.4 Å². The zero-order chi connectivity index (χ0) is 13.3. The molecule has 2 heterocycles. The Morgan fingerprint density at radius 3 is 2.83 bits per heavy atom. The molecule has 0 radical (unpaired) electrons. The van der Waals surface area contributed by atoms with Gasteiger partial charge in [-0.2, -0.15) is 0 Å². The standard InChI is InChI=1S/C11H11ClN2O3S/c1-6-14(9(5-18-6)11(16)17)10(15)8-3-2-7(12)4-13-8/h2-4,6,9H,5H2,1H3,(H,16,17). The van der Waals surface area contributed by atoms with Crippen LogP contribution in [0.3, 0.4) is 0 Å². The Morgan fingerprint density at radius 2 is 2.28 bits per heavy atom. The molecule has 0 saturated carbocycles. The van der Waals surface area contributed by atoms with E-state index in [2.05, 4.69) is 4.98 Å². The summed E-state index contributed by atoms with van der Waals surface area (Å²) in [5, 5.41) is 9.36. The zero-order valence-corrected chi connectivity index (χ0v) is 11.1. The van der Waals surface area contributed by atoms with E-state index in [-0.39, 0.29) is 17.0 Å². The lowest BCUT2D eigenvalue weighted by molar-refractivity contribution is -0.141. The van der Waals surface area contributed by atoms with Crippen molar-refractivity contribution in [3.63, 3.8) is 0 Å².